The maximum Gasteiger partial charge on any atom is 0.323 e. The highest BCUT2D eigenvalue weighted by Crippen LogP contribution is 2.17. The van der Waals surface area contributed by atoms with Crippen molar-refractivity contribution in [1.29, 1.82) is 0 Å². The van der Waals surface area contributed by atoms with Crippen LogP contribution in [-0.2, 0) is 7.05 Å². The predicted octanol–water partition coefficient (Wildman–Crippen LogP) is 0.399. The average molecular weight is 275 g/mol. The lowest BCUT2D eigenvalue weighted by atomic mass is 10.1. The lowest BCUT2D eigenvalue weighted by Gasteiger charge is -2.35. The summed E-state index contributed by atoms with van der Waals surface area (Å²) in [5.41, 5.74) is 0.339. The van der Waals surface area contributed by atoms with E-state index in [1.54, 1.807) is 11.9 Å². The van der Waals surface area contributed by atoms with Crippen LogP contribution in [0.1, 0.15) is 10.5 Å². The van der Waals surface area contributed by atoms with E-state index in [2.05, 4.69) is 5.32 Å². The van der Waals surface area contributed by atoms with E-state index in [4.69, 9.17) is 0 Å². The van der Waals surface area contributed by atoms with Crippen LogP contribution in [0.5, 0.6) is 0 Å². The normalized spacial score (nSPS) is 14.6. The summed E-state index contributed by atoms with van der Waals surface area (Å²) in [5.74, 6) is -0.263. The highest BCUT2D eigenvalue weighted by Gasteiger charge is 2.30. The van der Waals surface area contributed by atoms with E-state index in [9.17, 15) is 14.9 Å². The Bertz CT molecular complexity index is 470. The summed E-state index contributed by atoms with van der Waals surface area (Å²) in [4.78, 5) is 23.9. The molecule has 100 valence electrons. The highest BCUT2D eigenvalue weighted by atomic mass is 35.5. The minimum absolute atomic E-state index is 0. The minimum atomic E-state index is -0.498. The molecular formula is C10H15ClN4O3. The summed E-state index contributed by atoms with van der Waals surface area (Å²) in [6.45, 7) is 1.55. The van der Waals surface area contributed by atoms with Crippen LogP contribution in [-0.4, -0.2) is 46.5 Å². The van der Waals surface area contributed by atoms with Gasteiger partial charge in [-0.15, -0.1) is 12.4 Å². The van der Waals surface area contributed by atoms with Crippen LogP contribution < -0.4 is 5.32 Å². The van der Waals surface area contributed by atoms with Crippen molar-refractivity contribution < 1.29 is 9.72 Å². The summed E-state index contributed by atoms with van der Waals surface area (Å²) in [6.07, 6.45) is 0. The fraction of sp³-hybridized carbons (Fsp3) is 0.500. The van der Waals surface area contributed by atoms with Crippen molar-refractivity contribution >= 4 is 24.1 Å². The number of nitrogens with zero attached hydrogens (tertiary/aromatic N) is 3. The lowest BCUT2D eigenvalue weighted by Crippen LogP contribution is -2.57. The predicted molar refractivity (Wildman–Crippen MR) is 68.1 cm³/mol. The molecule has 0 spiro atoms. The molecule has 0 atom stereocenters. The minimum Gasteiger partial charge on any atom is -0.358 e. The molecule has 0 saturated carbocycles. The summed E-state index contributed by atoms with van der Waals surface area (Å²) >= 11 is 0. The van der Waals surface area contributed by atoms with Crippen LogP contribution in [0.4, 0.5) is 5.82 Å². The zero-order chi connectivity index (χ0) is 12.6. The fourth-order valence-electron chi connectivity index (χ4n) is 1.79. The Kier molecular flexibility index (Phi) is 4.31. The number of nitrogens with one attached hydrogen (secondary N) is 1. The van der Waals surface area contributed by atoms with Gasteiger partial charge in [-0.25, -0.2) is 4.57 Å². The van der Waals surface area contributed by atoms with E-state index in [0.717, 1.165) is 13.1 Å². The van der Waals surface area contributed by atoms with Crippen molar-refractivity contribution in [2.75, 3.05) is 20.1 Å². The van der Waals surface area contributed by atoms with E-state index in [1.807, 2.05) is 0 Å². The first kappa shape index (κ1) is 14.5. The maximum atomic E-state index is 12.1. The van der Waals surface area contributed by atoms with Crippen molar-refractivity contribution in [2.24, 2.45) is 7.05 Å². The Morgan fingerprint density at radius 1 is 1.56 bits per heavy atom. The molecule has 0 aromatic carbocycles. The first-order valence-electron chi connectivity index (χ1n) is 5.30. The fourth-order valence-corrected chi connectivity index (χ4v) is 1.79. The lowest BCUT2D eigenvalue weighted by molar-refractivity contribution is -0.391. The number of hydrogen-bond acceptors (Lipinski definition) is 4. The van der Waals surface area contributed by atoms with E-state index >= 15 is 0 Å². The molecule has 7 nitrogen and oxygen atoms in total. The maximum absolute atomic E-state index is 12.1. The van der Waals surface area contributed by atoms with E-state index in [0.29, 0.717) is 5.69 Å². The number of aromatic nitrogens is 1. The number of halogens is 1. The molecule has 0 unspecified atom stereocenters. The van der Waals surface area contributed by atoms with Crippen molar-refractivity contribution in [3.8, 4) is 0 Å². The topological polar surface area (TPSA) is 80.4 Å². The van der Waals surface area contributed by atoms with Gasteiger partial charge in [0.15, 0.2) is 5.69 Å². The van der Waals surface area contributed by atoms with Gasteiger partial charge in [0, 0.05) is 26.2 Å². The summed E-state index contributed by atoms with van der Waals surface area (Å²) < 4.78 is 1.31. The van der Waals surface area contributed by atoms with Gasteiger partial charge in [0.05, 0.1) is 13.1 Å². The van der Waals surface area contributed by atoms with Gasteiger partial charge < -0.3 is 20.3 Å². The Morgan fingerprint density at radius 3 is 2.56 bits per heavy atom. The summed E-state index contributed by atoms with van der Waals surface area (Å²) in [7, 11) is 3.24. The molecule has 1 amide bonds. The second-order valence-electron chi connectivity index (χ2n) is 4.12. The Labute approximate surface area is 110 Å². The third-order valence-corrected chi connectivity index (χ3v) is 3.13. The van der Waals surface area contributed by atoms with Crippen LogP contribution >= 0.6 is 12.4 Å². The molecule has 0 aliphatic carbocycles. The third-order valence-electron chi connectivity index (χ3n) is 3.13. The third kappa shape index (κ3) is 2.32. The molecule has 2 heterocycles. The first-order chi connectivity index (χ1) is 8.02. The second kappa shape index (κ2) is 5.36. The Hall–Kier alpha value is -1.60. The molecule has 1 N–H and O–H groups in total. The molecule has 1 aromatic rings. The number of carbonyl (C=O) groups excluding carboxylic acids is 1. The standard InChI is InChI=1S/C10H14N4O3.ClH/c1-12(7-5-11-6-7)10(15)8-3-4-9(13(8)2)14(16)17;/h3-4,7,11H,5-6H2,1-2H3;1H. The smallest absolute Gasteiger partial charge is 0.323 e. The largest absolute Gasteiger partial charge is 0.358 e. The number of nitro groups is 1. The SMILES string of the molecule is CN(C(=O)c1ccc([N+](=O)[O-])n1C)C1CNC1.Cl. The van der Waals surface area contributed by atoms with Crippen molar-refractivity contribution in [1.82, 2.24) is 14.8 Å². The Balaban J connectivity index is 0.00000162. The van der Waals surface area contributed by atoms with Gasteiger partial charge in [0.2, 0.25) is 0 Å². The van der Waals surface area contributed by atoms with Gasteiger partial charge in [0.25, 0.3) is 5.91 Å². The van der Waals surface area contributed by atoms with Crippen LogP contribution in [0.2, 0.25) is 0 Å². The Morgan fingerprint density at radius 2 is 2.17 bits per heavy atom. The molecular weight excluding hydrogens is 260 g/mol. The summed E-state index contributed by atoms with van der Waals surface area (Å²) in [6, 6.07) is 3.01. The van der Waals surface area contributed by atoms with Gasteiger partial charge in [-0.1, -0.05) is 0 Å². The second-order valence-corrected chi connectivity index (χ2v) is 4.12. The quantitative estimate of drug-likeness (QED) is 0.639. The molecule has 1 aliphatic heterocycles. The first-order valence-corrected chi connectivity index (χ1v) is 5.30. The number of carbonyl (C=O) groups is 1. The summed E-state index contributed by atoms with van der Waals surface area (Å²) in [5, 5.41) is 13.8. The van der Waals surface area contributed by atoms with Crippen LogP contribution in [0.25, 0.3) is 0 Å². The van der Waals surface area contributed by atoms with E-state index in [1.165, 1.54) is 23.7 Å². The number of hydrogen-bond donors (Lipinski definition) is 1. The van der Waals surface area contributed by atoms with Crippen LogP contribution in [0, 0.1) is 10.1 Å². The average Bonchev–Trinajstić information content (AvgIpc) is 2.56. The van der Waals surface area contributed by atoms with E-state index < -0.39 is 4.92 Å². The van der Waals surface area contributed by atoms with Gasteiger partial charge in [-0.2, -0.15) is 0 Å². The molecule has 1 aliphatic rings. The van der Waals surface area contributed by atoms with Gasteiger partial charge in [-0.05, 0) is 11.0 Å². The molecule has 18 heavy (non-hydrogen) atoms. The number of amides is 1. The molecule has 8 heteroatoms. The molecule has 1 aromatic heterocycles. The van der Waals surface area contributed by atoms with Gasteiger partial charge in [0.1, 0.15) is 0 Å². The van der Waals surface area contributed by atoms with E-state index in [-0.39, 0.29) is 30.2 Å². The number of likely N-dealkylation sites (N-methyl/N-ethyl adjacent to an activating group) is 1. The zero-order valence-electron chi connectivity index (χ0n) is 10.1. The van der Waals surface area contributed by atoms with Gasteiger partial charge >= 0.3 is 5.82 Å². The van der Waals surface area contributed by atoms with Gasteiger partial charge in [-0.3, -0.25) is 4.79 Å². The van der Waals surface area contributed by atoms with Crippen molar-refractivity contribution in [2.45, 2.75) is 6.04 Å². The van der Waals surface area contributed by atoms with Crippen molar-refractivity contribution in [3.05, 3.63) is 27.9 Å². The zero-order valence-corrected chi connectivity index (χ0v) is 10.9. The monoisotopic (exact) mass is 274 g/mol. The van der Waals surface area contributed by atoms with Crippen molar-refractivity contribution in [3.63, 3.8) is 0 Å². The molecule has 0 bridgehead atoms. The van der Waals surface area contributed by atoms with Crippen LogP contribution in [0.3, 0.4) is 0 Å². The molecule has 1 saturated heterocycles. The van der Waals surface area contributed by atoms with Crippen LogP contribution in [0.15, 0.2) is 12.1 Å². The molecule has 1 fully saturated rings. The molecule has 2 rings (SSSR count). The highest BCUT2D eigenvalue weighted by molar-refractivity contribution is 5.93. The molecule has 0 radical (unpaired) electrons. The number of rotatable bonds is 3.